The Balaban J connectivity index is 1.52. The van der Waals surface area contributed by atoms with Crippen molar-refractivity contribution >= 4 is 46.1 Å². The van der Waals surface area contributed by atoms with Crippen molar-refractivity contribution in [2.75, 3.05) is 44.4 Å². The van der Waals surface area contributed by atoms with Gasteiger partial charge in [0.05, 0.1) is 11.4 Å². The molecule has 0 aliphatic carbocycles. The van der Waals surface area contributed by atoms with Crippen LogP contribution < -0.4 is 19.9 Å². The molecule has 38 heavy (non-hydrogen) atoms. The van der Waals surface area contributed by atoms with Gasteiger partial charge in [0.25, 0.3) is 11.5 Å². The van der Waals surface area contributed by atoms with Gasteiger partial charge in [-0.3, -0.25) is 19.1 Å². The van der Waals surface area contributed by atoms with E-state index in [0.29, 0.717) is 39.4 Å². The van der Waals surface area contributed by atoms with Crippen LogP contribution in [0.3, 0.4) is 0 Å². The summed E-state index contributed by atoms with van der Waals surface area (Å²) in [7, 11) is 0. The number of ether oxygens (including phenoxy) is 2. The van der Waals surface area contributed by atoms with Crippen LogP contribution in [0.1, 0.15) is 36.1 Å². The van der Waals surface area contributed by atoms with Crippen LogP contribution in [0.15, 0.2) is 27.9 Å². The third-order valence-electron chi connectivity index (χ3n) is 7.21. The first kappa shape index (κ1) is 26.3. The third kappa shape index (κ3) is 4.68. The number of aromatic nitrogens is 1. The Labute approximate surface area is 231 Å². The van der Waals surface area contributed by atoms with Crippen LogP contribution in [-0.4, -0.2) is 64.1 Å². The van der Waals surface area contributed by atoms with Gasteiger partial charge in [-0.1, -0.05) is 37.0 Å². The molecule has 3 aliphatic heterocycles. The smallest absolute Gasteiger partial charge is 0.270 e. The average Bonchev–Trinajstić information content (AvgIpc) is 3.50. The fourth-order valence-electron chi connectivity index (χ4n) is 5.04. The maximum atomic E-state index is 13.6. The highest BCUT2D eigenvalue weighted by atomic mass is 32.2. The Morgan fingerprint density at radius 1 is 1.11 bits per heavy atom. The predicted molar refractivity (Wildman–Crippen MR) is 151 cm³/mol. The van der Waals surface area contributed by atoms with Crippen LogP contribution in [0.25, 0.3) is 6.08 Å². The van der Waals surface area contributed by atoms with E-state index in [2.05, 4.69) is 22.8 Å². The molecule has 9 nitrogen and oxygen atoms in total. The normalized spacial score (nSPS) is 18.5. The van der Waals surface area contributed by atoms with Crippen LogP contribution in [0, 0.1) is 18.3 Å². The molecule has 0 saturated carbocycles. The number of hydrogen-bond donors (Lipinski definition) is 0. The lowest BCUT2D eigenvalue weighted by Crippen LogP contribution is -2.48. The summed E-state index contributed by atoms with van der Waals surface area (Å²) in [5.74, 6) is 1.89. The van der Waals surface area contributed by atoms with Crippen molar-refractivity contribution in [3.63, 3.8) is 0 Å². The molecule has 0 bridgehead atoms. The topological polar surface area (TPSA) is 91.0 Å². The first-order valence-corrected chi connectivity index (χ1v) is 13.9. The molecule has 1 aromatic carbocycles. The molecule has 4 heterocycles. The lowest BCUT2D eigenvalue weighted by molar-refractivity contribution is -0.122. The zero-order valence-electron chi connectivity index (χ0n) is 21.7. The number of thiocarbonyl (C=S) groups is 1. The molecule has 11 heteroatoms. The largest absolute Gasteiger partial charge is 0.454 e. The second kappa shape index (κ2) is 10.8. The van der Waals surface area contributed by atoms with E-state index in [1.807, 2.05) is 31.2 Å². The van der Waals surface area contributed by atoms with E-state index in [1.165, 1.54) is 11.8 Å². The standard InChI is InChI=1S/C27H29N5O4S2/c1-4-29-8-10-30(11-9-29)24-19(17(3)20(14-28)25(33)31(24)5-2)13-23-26(34)32(27(37)38-23)15-18-6-7-21-22(12-18)36-16-35-21/h6-7,12-13H,4-5,8-11,15-16H2,1-3H3/b23-13-. The molecular weight excluding hydrogens is 522 g/mol. The number of fused-ring (bicyclic) bond motifs is 1. The number of carbonyl (C=O) groups excluding carboxylic acids is 1. The first-order chi connectivity index (χ1) is 18.4. The van der Waals surface area contributed by atoms with Gasteiger partial charge in [-0.2, -0.15) is 5.26 Å². The van der Waals surface area contributed by atoms with Crippen LogP contribution in [0.4, 0.5) is 5.82 Å². The summed E-state index contributed by atoms with van der Waals surface area (Å²) in [6, 6.07) is 7.68. The molecule has 0 spiro atoms. The molecule has 5 rings (SSSR count). The van der Waals surface area contributed by atoms with E-state index in [9.17, 15) is 14.9 Å². The van der Waals surface area contributed by atoms with Crippen molar-refractivity contribution in [1.82, 2.24) is 14.4 Å². The Bertz CT molecular complexity index is 1440. The molecule has 1 aromatic heterocycles. The number of amides is 1. The number of rotatable bonds is 6. The summed E-state index contributed by atoms with van der Waals surface area (Å²) in [5.41, 5.74) is 1.98. The number of carbonyl (C=O) groups is 1. The monoisotopic (exact) mass is 551 g/mol. The number of anilines is 1. The maximum Gasteiger partial charge on any atom is 0.270 e. The molecule has 2 fully saturated rings. The number of thioether (sulfide) groups is 1. The minimum absolute atomic E-state index is 0.102. The number of likely N-dealkylation sites (N-methyl/N-ethyl adjacent to an activating group) is 1. The second-order valence-electron chi connectivity index (χ2n) is 9.28. The molecule has 0 N–H and O–H groups in total. The Hall–Kier alpha value is -3.33. The molecule has 3 aliphatic rings. The summed E-state index contributed by atoms with van der Waals surface area (Å²) in [6.45, 7) is 11.0. The molecule has 0 radical (unpaired) electrons. The van der Waals surface area contributed by atoms with Crippen molar-refractivity contribution in [1.29, 1.82) is 5.26 Å². The van der Waals surface area contributed by atoms with Crippen LogP contribution in [0.2, 0.25) is 0 Å². The van der Waals surface area contributed by atoms with Gasteiger partial charge in [0.2, 0.25) is 6.79 Å². The Kier molecular flexibility index (Phi) is 7.47. The summed E-state index contributed by atoms with van der Waals surface area (Å²) in [4.78, 5) is 33.4. The van der Waals surface area contributed by atoms with Gasteiger partial charge < -0.3 is 19.3 Å². The predicted octanol–water partition coefficient (Wildman–Crippen LogP) is 3.32. The zero-order chi connectivity index (χ0) is 27.0. The fraction of sp³-hybridized carbons (Fsp3) is 0.407. The molecule has 0 unspecified atom stereocenters. The third-order valence-corrected chi connectivity index (χ3v) is 8.59. The van der Waals surface area contributed by atoms with Crippen molar-refractivity contribution in [3.8, 4) is 17.6 Å². The van der Waals surface area contributed by atoms with Gasteiger partial charge in [-0.05, 0) is 49.7 Å². The van der Waals surface area contributed by atoms with Gasteiger partial charge >= 0.3 is 0 Å². The van der Waals surface area contributed by atoms with Gasteiger partial charge in [0.1, 0.15) is 21.8 Å². The average molecular weight is 552 g/mol. The molecular formula is C27H29N5O4S2. The summed E-state index contributed by atoms with van der Waals surface area (Å²) < 4.78 is 13.0. The van der Waals surface area contributed by atoms with Crippen molar-refractivity contribution in [2.24, 2.45) is 0 Å². The van der Waals surface area contributed by atoms with Crippen molar-refractivity contribution in [3.05, 3.63) is 55.7 Å². The van der Waals surface area contributed by atoms with Gasteiger partial charge in [-0.15, -0.1) is 0 Å². The second-order valence-corrected chi connectivity index (χ2v) is 11.0. The number of nitrogens with zero attached hydrogens (tertiary/aromatic N) is 5. The molecule has 0 atom stereocenters. The van der Waals surface area contributed by atoms with E-state index in [-0.39, 0.29) is 23.8 Å². The molecule has 1 amide bonds. The van der Waals surface area contributed by atoms with E-state index >= 15 is 0 Å². The van der Waals surface area contributed by atoms with Crippen LogP contribution >= 0.6 is 24.0 Å². The highest BCUT2D eigenvalue weighted by Crippen LogP contribution is 2.38. The minimum Gasteiger partial charge on any atom is -0.454 e. The van der Waals surface area contributed by atoms with Gasteiger partial charge in [0, 0.05) is 38.3 Å². The maximum absolute atomic E-state index is 13.6. The fourth-order valence-corrected chi connectivity index (χ4v) is 6.28. The zero-order valence-corrected chi connectivity index (χ0v) is 23.3. The number of hydrogen-bond acceptors (Lipinski definition) is 9. The highest BCUT2D eigenvalue weighted by molar-refractivity contribution is 8.26. The van der Waals surface area contributed by atoms with Crippen molar-refractivity contribution in [2.45, 2.75) is 33.9 Å². The summed E-state index contributed by atoms with van der Waals surface area (Å²) >= 11 is 6.83. The number of pyridine rings is 1. The first-order valence-electron chi connectivity index (χ1n) is 12.6. The highest BCUT2D eigenvalue weighted by Gasteiger charge is 2.34. The Morgan fingerprint density at radius 3 is 2.53 bits per heavy atom. The minimum atomic E-state index is -0.298. The van der Waals surface area contributed by atoms with E-state index in [0.717, 1.165) is 49.7 Å². The van der Waals surface area contributed by atoms with Crippen molar-refractivity contribution < 1.29 is 14.3 Å². The summed E-state index contributed by atoms with van der Waals surface area (Å²) in [5, 5.41) is 9.81. The number of benzene rings is 1. The number of piperazine rings is 1. The van der Waals surface area contributed by atoms with Crippen LogP contribution in [0.5, 0.6) is 11.5 Å². The van der Waals surface area contributed by atoms with E-state index in [4.69, 9.17) is 21.7 Å². The molecule has 2 aromatic rings. The van der Waals surface area contributed by atoms with Crippen LogP contribution in [-0.2, 0) is 17.9 Å². The van der Waals surface area contributed by atoms with Gasteiger partial charge in [-0.25, -0.2) is 0 Å². The Morgan fingerprint density at radius 2 is 1.84 bits per heavy atom. The lowest BCUT2D eigenvalue weighted by Gasteiger charge is -2.37. The SMILES string of the molecule is CCN1CCN(c2c(/C=C3\SC(=S)N(Cc4ccc5c(c4)OCO5)C3=O)c(C)c(C#N)c(=O)n2CC)CC1. The van der Waals surface area contributed by atoms with Gasteiger partial charge in [0.15, 0.2) is 11.5 Å². The van der Waals surface area contributed by atoms with E-state index in [1.54, 1.807) is 16.4 Å². The summed E-state index contributed by atoms with van der Waals surface area (Å²) in [6.07, 6.45) is 1.81. The lowest BCUT2D eigenvalue weighted by atomic mass is 10.0. The molecule has 2 saturated heterocycles. The quantitative estimate of drug-likeness (QED) is 0.396. The molecule has 198 valence electrons. The van der Waals surface area contributed by atoms with E-state index < -0.39 is 0 Å². The number of nitriles is 1.